The second-order valence-electron chi connectivity index (χ2n) is 5.16. The van der Waals surface area contributed by atoms with E-state index in [1.807, 2.05) is 7.05 Å². The van der Waals surface area contributed by atoms with Crippen LogP contribution < -0.4 is 10.6 Å². The fraction of sp³-hybridized carbons (Fsp3) is 0.929. The molecule has 0 saturated carbocycles. The topological polar surface area (TPSA) is 48.9 Å². The van der Waals surface area contributed by atoms with Crippen LogP contribution in [0.5, 0.6) is 0 Å². The molecule has 0 aliphatic carbocycles. The van der Waals surface area contributed by atoms with Crippen LogP contribution in [0.4, 0.5) is 0 Å². The Labute approximate surface area is 140 Å². The Kier molecular flexibility index (Phi) is 12.6. The lowest BCUT2D eigenvalue weighted by Crippen LogP contribution is -2.43. The highest BCUT2D eigenvalue weighted by molar-refractivity contribution is 14.0. The first-order chi connectivity index (χ1) is 9.30. The highest BCUT2D eigenvalue weighted by Crippen LogP contribution is 2.15. The van der Waals surface area contributed by atoms with Gasteiger partial charge in [0.25, 0.3) is 0 Å². The third-order valence-electron chi connectivity index (χ3n) is 3.64. The molecule has 0 aromatic heterocycles. The first-order valence-corrected chi connectivity index (χ1v) is 7.46. The van der Waals surface area contributed by atoms with Crippen molar-refractivity contribution in [1.29, 1.82) is 0 Å². The largest absolute Gasteiger partial charge is 0.383 e. The van der Waals surface area contributed by atoms with E-state index in [0.717, 1.165) is 44.5 Å². The van der Waals surface area contributed by atoms with Gasteiger partial charge in [-0.1, -0.05) is 6.92 Å². The second kappa shape index (κ2) is 12.6. The summed E-state index contributed by atoms with van der Waals surface area (Å²) in [6, 6.07) is 0. The van der Waals surface area contributed by atoms with E-state index in [-0.39, 0.29) is 24.0 Å². The van der Waals surface area contributed by atoms with Crippen molar-refractivity contribution in [2.45, 2.75) is 26.2 Å². The summed E-state index contributed by atoms with van der Waals surface area (Å²) >= 11 is 0. The van der Waals surface area contributed by atoms with Gasteiger partial charge < -0.3 is 20.3 Å². The van der Waals surface area contributed by atoms with Gasteiger partial charge in [0, 0.05) is 33.8 Å². The minimum atomic E-state index is 0. The number of methoxy groups -OCH3 is 1. The number of halogens is 1. The number of likely N-dealkylation sites (tertiary alicyclic amines) is 1. The number of ether oxygens (including phenoxy) is 1. The first kappa shape index (κ1) is 19.9. The Balaban J connectivity index is 0.00000361. The lowest BCUT2D eigenvalue weighted by molar-refractivity contribution is 0.121. The van der Waals surface area contributed by atoms with Crippen LogP contribution in [-0.2, 0) is 4.74 Å². The van der Waals surface area contributed by atoms with Crippen LogP contribution in [-0.4, -0.2) is 64.3 Å². The SMILES string of the molecule is CCCNC(=NC)NCC1CCN(CCOC)CC1.I. The number of guanidine groups is 1. The molecular formula is C14H31IN4O. The number of hydrogen-bond acceptors (Lipinski definition) is 3. The van der Waals surface area contributed by atoms with Gasteiger partial charge in [0.1, 0.15) is 0 Å². The molecule has 2 N–H and O–H groups in total. The van der Waals surface area contributed by atoms with E-state index in [9.17, 15) is 0 Å². The number of hydrogen-bond donors (Lipinski definition) is 2. The Hall–Kier alpha value is -0.0800. The highest BCUT2D eigenvalue weighted by Gasteiger charge is 2.18. The summed E-state index contributed by atoms with van der Waals surface area (Å²) in [6.45, 7) is 8.47. The summed E-state index contributed by atoms with van der Waals surface area (Å²) in [7, 11) is 3.60. The zero-order valence-corrected chi connectivity index (χ0v) is 15.5. The molecule has 1 saturated heterocycles. The van der Waals surface area contributed by atoms with Gasteiger partial charge in [-0.2, -0.15) is 0 Å². The molecule has 0 aromatic rings. The van der Waals surface area contributed by atoms with Gasteiger partial charge in [-0.15, -0.1) is 24.0 Å². The van der Waals surface area contributed by atoms with E-state index >= 15 is 0 Å². The van der Waals surface area contributed by atoms with Crippen molar-refractivity contribution in [1.82, 2.24) is 15.5 Å². The number of nitrogens with zero attached hydrogens (tertiary/aromatic N) is 2. The maximum atomic E-state index is 5.12. The maximum absolute atomic E-state index is 5.12. The lowest BCUT2D eigenvalue weighted by atomic mass is 9.97. The molecule has 0 atom stereocenters. The summed E-state index contributed by atoms with van der Waals surface area (Å²) in [6.07, 6.45) is 3.65. The van der Waals surface area contributed by atoms with E-state index in [0.29, 0.717) is 0 Å². The van der Waals surface area contributed by atoms with E-state index in [1.165, 1.54) is 25.9 Å². The summed E-state index contributed by atoms with van der Waals surface area (Å²) in [5.41, 5.74) is 0. The normalized spacial score (nSPS) is 17.6. The third-order valence-corrected chi connectivity index (χ3v) is 3.64. The van der Waals surface area contributed by atoms with Crippen molar-refractivity contribution in [3.8, 4) is 0 Å². The van der Waals surface area contributed by atoms with Crippen molar-refractivity contribution in [2.24, 2.45) is 10.9 Å². The predicted octanol–water partition coefficient (Wildman–Crippen LogP) is 1.54. The minimum absolute atomic E-state index is 0. The molecular weight excluding hydrogens is 367 g/mol. The molecule has 1 aliphatic rings. The van der Waals surface area contributed by atoms with Crippen LogP contribution in [0.2, 0.25) is 0 Å². The quantitative estimate of drug-likeness (QED) is 0.388. The Morgan fingerprint density at radius 3 is 2.55 bits per heavy atom. The Morgan fingerprint density at radius 1 is 1.30 bits per heavy atom. The fourth-order valence-corrected chi connectivity index (χ4v) is 2.34. The molecule has 5 nitrogen and oxygen atoms in total. The average Bonchev–Trinajstić information content (AvgIpc) is 2.46. The van der Waals surface area contributed by atoms with Crippen molar-refractivity contribution in [2.75, 3.05) is 53.5 Å². The zero-order chi connectivity index (χ0) is 13.9. The van der Waals surface area contributed by atoms with E-state index in [2.05, 4.69) is 27.4 Å². The molecule has 0 aromatic carbocycles. The van der Waals surface area contributed by atoms with E-state index < -0.39 is 0 Å². The summed E-state index contributed by atoms with van der Waals surface area (Å²) < 4.78 is 5.12. The fourth-order valence-electron chi connectivity index (χ4n) is 2.34. The van der Waals surface area contributed by atoms with Crippen molar-refractivity contribution in [3.63, 3.8) is 0 Å². The number of rotatable bonds is 7. The molecule has 6 heteroatoms. The van der Waals surface area contributed by atoms with Crippen molar-refractivity contribution >= 4 is 29.9 Å². The van der Waals surface area contributed by atoms with Gasteiger partial charge >= 0.3 is 0 Å². The summed E-state index contributed by atoms with van der Waals surface area (Å²) in [4.78, 5) is 6.72. The number of aliphatic imine (C=N–C) groups is 1. The minimum Gasteiger partial charge on any atom is -0.383 e. The number of piperidine rings is 1. The number of nitrogens with one attached hydrogen (secondary N) is 2. The third kappa shape index (κ3) is 8.26. The smallest absolute Gasteiger partial charge is 0.190 e. The highest BCUT2D eigenvalue weighted by atomic mass is 127. The predicted molar refractivity (Wildman–Crippen MR) is 96.1 cm³/mol. The van der Waals surface area contributed by atoms with Gasteiger partial charge in [-0.25, -0.2) is 0 Å². The molecule has 20 heavy (non-hydrogen) atoms. The van der Waals surface area contributed by atoms with Crippen LogP contribution in [0.3, 0.4) is 0 Å². The van der Waals surface area contributed by atoms with Crippen LogP contribution in [0.15, 0.2) is 4.99 Å². The zero-order valence-electron chi connectivity index (χ0n) is 13.2. The molecule has 0 unspecified atom stereocenters. The molecule has 0 spiro atoms. The van der Waals surface area contributed by atoms with Crippen molar-refractivity contribution in [3.05, 3.63) is 0 Å². The molecule has 1 heterocycles. The van der Waals surface area contributed by atoms with E-state index in [1.54, 1.807) is 7.11 Å². The van der Waals surface area contributed by atoms with Gasteiger partial charge in [-0.05, 0) is 38.3 Å². The van der Waals surface area contributed by atoms with Crippen molar-refractivity contribution < 1.29 is 4.74 Å². The molecule has 120 valence electrons. The molecule has 0 bridgehead atoms. The molecule has 0 radical (unpaired) electrons. The summed E-state index contributed by atoms with van der Waals surface area (Å²) in [5.74, 6) is 1.70. The van der Waals surface area contributed by atoms with Crippen LogP contribution in [0.1, 0.15) is 26.2 Å². The van der Waals surface area contributed by atoms with Gasteiger partial charge in [0.15, 0.2) is 5.96 Å². The van der Waals surface area contributed by atoms with Crippen LogP contribution >= 0.6 is 24.0 Å². The molecule has 1 aliphatic heterocycles. The Bertz CT molecular complexity index is 256. The van der Waals surface area contributed by atoms with Crippen LogP contribution in [0.25, 0.3) is 0 Å². The van der Waals surface area contributed by atoms with Gasteiger partial charge in [0.05, 0.1) is 6.61 Å². The van der Waals surface area contributed by atoms with E-state index in [4.69, 9.17) is 4.74 Å². The first-order valence-electron chi connectivity index (χ1n) is 7.46. The van der Waals surface area contributed by atoms with Gasteiger partial charge in [0.2, 0.25) is 0 Å². The standard InChI is InChI=1S/C14H30N4O.HI/c1-4-7-16-14(15-2)17-12-13-5-8-18(9-6-13)10-11-19-3;/h13H,4-12H2,1-3H3,(H2,15,16,17);1H. The Morgan fingerprint density at radius 2 is 2.00 bits per heavy atom. The van der Waals surface area contributed by atoms with Gasteiger partial charge in [-0.3, -0.25) is 4.99 Å². The monoisotopic (exact) mass is 398 g/mol. The summed E-state index contributed by atoms with van der Waals surface area (Å²) in [5, 5.41) is 6.73. The molecule has 1 fully saturated rings. The van der Waals surface area contributed by atoms with Crippen LogP contribution in [0, 0.1) is 5.92 Å². The second-order valence-corrected chi connectivity index (χ2v) is 5.16. The average molecular weight is 398 g/mol. The molecule has 0 amide bonds. The maximum Gasteiger partial charge on any atom is 0.190 e. The lowest BCUT2D eigenvalue weighted by Gasteiger charge is -2.32. The molecule has 1 rings (SSSR count).